The summed E-state index contributed by atoms with van der Waals surface area (Å²) in [7, 11) is 0. The molecule has 0 saturated carbocycles. The van der Waals surface area contributed by atoms with E-state index in [1.807, 2.05) is 12.1 Å². The molecule has 2 rings (SSSR count). The van der Waals surface area contributed by atoms with Crippen molar-refractivity contribution in [3.63, 3.8) is 0 Å². The van der Waals surface area contributed by atoms with Gasteiger partial charge in [0.05, 0.1) is 0 Å². The zero-order chi connectivity index (χ0) is 13.7. The summed E-state index contributed by atoms with van der Waals surface area (Å²) in [6, 6.07) is 14.1. The van der Waals surface area contributed by atoms with Crippen molar-refractivity contribution in [2.75, 3.05) is 11.1 Å². The Morgan fingerprint density at radius 3 is 2.74 bits per heavy atom. The molecule has 3 N–H and O–H groups in total. The van der Waals surface area contributed by atoms with Gasteiger partial charge < -0.3 is 10.5 Å². The number of benzene rings is 2. The third kappa shape index (κ3) is 3.89. The number of anilines is 2. The van der Waals surface area contributed by atoms with Gasteiger partial charge in [0.2, 0.25) is 0 Å². The van der Waals surface area contributed by atoms with E-state index in [-0.39, 0.29) is 6.61 Å². The van der Waals surface area contributed by atoms with Crippen LogP contribution in [0.3, 0.4) is 0 Å². The molecule has 0 aromatic heterocycles. The third-order valence-corrected chi connectivity index (χ3v) is 2.82. The van der Waals surface area contributed by atoms with Crippen LogP contribution in [0.2, 0.25) is 5.02 Å². The van der Waals surface area contributed by atoms with E-state index in [1.54, 1.807) is 36.4 Å². The number of ether oxygens (including phenoxy) is 1. The number of nitrogen functional groups attached to an aromatic ring is 1. The van der Waals surface area contributed by atoms with Crippen LogP contribution in [0.5, 0.6) is 0 Å². The summed E-state index contributed by atoms with van der Waals surface area (Å²) in [5, 5.41) is 3.16. The van der Waals surface area contributed by atoms with Crippen LogP contribution in [0.15, 0.2) is 48.5 Å². The summed E-state index contributed by atoms with van der Waals surface area (Å²) in [6.07, 6.45) is -0.550. The van der Waals surface area contributed by atoms with Gasteiger partial charge in [-0.05, 0) is 24.3 Å². The number of hydrogen-bond acceptors (Lipinski definition) is 3. The smallest absolute Gasteiger partial charge is 0.411 e. The Labute approximate surface area is 116 Å². The third-order valence-electron chi connectivity index (χ3n) is 2.45. The second kappa shape index (κ2) is 6.11. The van der Waals surface area contributed by atoms with E-state index in [0.717, 1.165) is 5.56 Å². The Kier molecular flexibility index (Phi) is 4.26. The first kappa shape index (κ1) is 13.2. The van der Waals surface area contributed by atoms with Gasteiger partial charge in [-0.1, -0.05) is 35.9 Å². The lowest BCUT2D eigenvalue weighted by Crippen LogP contribution is -2.13. The first-order valence-electron chi connectivity index (χ1n) is 5.68. The van der Waals surface area contributed by atoms with Gasteiger partial charge in [-0.25, -0.2) is 4.79 Å². The molecule has 1 amide bonds. The SMILES string of the molecule is Nc1cccc(NC(=O)OCc2ccccc2Cl)c1. The maximum absolute atomic E-state index is 11.6. The molecule has 0 atom stereocenters. The molecular formula is C14H13ClN2O2. The zero-order valence-electron chi connectivity index (χ0n) is 10.1. The minimum atomic E-state index is -0.550. The minimum Gasteiger partial charge on any atom is -0.444 e. The van der Waals surface area contributed by atoms with Crippen LogP contribution in [0, 0.1) is 0 Å². The molecule has 0 fully saturated rings. The van der Waals surface area contributed by atoms with Gasteiger partial charge in [0, 0.05) is 22.0 Å². The average molecular weight is 277 g/mol. The molecule has 0 saturated heterocycles. The van der Waals surface area contributed by atoms with E-state index < -0.39 is 6.09 Å². The van der Waals surface area contributed by atoms with E-state index in [9.17, 15) is 4.79 Å². The zero-order valence-corrected chi connectivity index (χ0v) is 10.9. The van der Waals surface area contributed by atoms with Crippen LogP contribution < -0.4 is 11.1 Å². The van der Waals surface area contributed by atoms with Crippen molar-refractivity contribution in [2.24, 2.45) is 0 Å². The largest absolute Gasteiger partial charge is 0.444 e. The lowest BCUT2D eigenvalue weighted by molar-refractivity contribution is 0.155. The second-order valence-electron chi connectivity index (χ2n) is 3.92. The number of hydrogen-bond donors (Lipinski definition) is 2. The normalized spacial score (nSPS) is 9.95. The highest BCUT2D eigenvalue weighted by Gasteiger charge is 2.05. The standard InChI is InChI=1S/C14H13ClN2O2/c15-13-7-2-1-4-10(13)9-19-14(18)17-12-6-3-5-11(16)8-12/h1-8H,9,16H2,(H,17,18). The van der Waals surface area contributed by atoms with E-state index in [2.05, 4.69) is 5.32 Å². The van der Waals surface area contributed by atoms with Gasteiger partial charge in [0.15, 0.2) is 0 Å². The highest BCUT2D eigenvalue weighted by molar-refractivity contribution is 6.31. The Morgan fingerprint density at radius 2 is 2.00 bits per heavy atom. The number of nitrogens with two attached hydrogens (primary N) is 1. The first-order valence-corrected chi connectivity index (χ1v) is 6.05. The van der Waals surface area contributed by atoms with Crippen LogP contribution in [-0.4, -0.2) is 6.09 Å². The molecular weight excluding hydrogens is 264 g/mol. The van der Waals surface area contributed by atoms with E-state index in [0.29, 0.717) is 16.4 Å². The van der Waals surface area contributed by atoms with Gasteiger partial charge in [-0.15, -0.1) is 0 Å². The van der Waals surface area contributed by atoms with Crippen molar-refractivity contribution in [2.45, 2.75) is 6.61 Å². The maximum atomic E-state index is 11.6. The monoisotopic (exact) mass is 276 g/mol. The van der Waals surface area contributed by atoms with Gasteiger partial charge in [-0.2, -0.15) is 0 Å². The van der Waals surface area contributed by atoms with Crippen molar-refractivity contribution in [3.8, 4) is 0 Å². The summed E-state index contributed by atoms with van der Waals surface area (Å²) in [5.74, 6) is 0. The Balaban J connectivity index is 1.90. The lowest BCUT2D eigenvalue weighted by atomic mass is 10.2. The molecule has 0 heterocycles. The number of carbonyl (C=O) groups excluding carboxylic acids is 1. The highest BCUT2D eigenvalue weighted by Crippen LogP contribution is 2.16. The number of carbonyl (C=O) groups is 1. The lowest BCUT2D eigenvalue weighted by Gasteiger charge is -2.08. The Morgan fingerprint density at radius 1 is 1.21 bits per heavy atom. The number of halogens is 1. The van der Waals surface area contributed by atoms with Crippen LogP contribution >= 0.6 is 11.6 Å². The Bertz CT molecular complexity index is 587. The van der Waals surface area contributed by atoms with E-state index in [1.165, 1.54) is 0 Å². The van der Waals surface area contributed by atoms with Crippen LogP contribution in [0.4, 0.5) is 16.2 Å². The predicted molar refractivity (Wildman–Crippen MR) is 76.1 cm³/mol. The fourth-order valence-electron chi connectivity index (χ4n) is 1.53. The Hall–Kier alpha value is -2.20. The minimum absolute atomic E-state index is 0.119. The molecule has 19 heavy (non-hydrogen) atoms. The van der Waals surface area contributed by atoms with Crippen LogP contribution in [0.25, 0.3) is 0 Å². The molecule has 0 aliphatic rings. The van der Waals surface area contributed by atoms with Gasteiger partial charge >= 0.3 is 6.09 Å². The molecule has 98 valence electrons. The fourth-order valence-corrected chi connectivity index (χ4v) is 1.72. The highest BCUT2D eigenvalue weighted by atomic mass is 35.5. The molecule has 4 nitrogen and oxygen atoms in total. The number of rotatable bonds is 3. The fraction of sp³-hybridized carbons (Fsp3) is 0.0714. The maximum Gasteiger partial charge on any atom is 0.411 e. The van der Waals surface area contributed by atoms with Crippen molar-refractivity contribution in [3.05, 3.63) is 59.1 Å². The van der Waals surface area contributed by atoms with Gasteiger partial charge in [0.25, 0.3) is 0 Å². The van der Waals surface area contributed by atoms with Crippen LogP contribution in [0.1, 0.15) is 5.56 Å². The van der Waals surface area contributed by atoms with Crippen molar-refractivity contribution < 1.29 is 9.53 Å². The second-order valence-corrected chi connectivity index (χ2v) is 4.33. The predicted octanol–water partition coefficient (Wildman–Crippen LogP) is 3.67. The number of nitrogens with one attached hydrogen (secondary N) is 1. The number of amides is 1. The molecule has 0 aliphatic carbocycles. The molecule has 0 unspecified atom stereocenters. The van der Waals surface area contributed by atoms with Crippen molar-refractivity contribution >= 4 is 29.1 Å². The topological polar surface area (TPSA) is 64.3 Å². The molecule has 0 radical (unpaired) electrons. The molecule has 0 spiro atoms. The summed E-state index contributed by atoms with van der Waals surface area (Å²) < 4.78 is 5.08. The quantitative estimate of drug-likeness (QED) is 0.841. The van der Waals surface area contributed by atoms with Gasteiger partial charge in [0.1, 0.15) is 6.61 Å². The van der Waals surface area contributed by atoms with Crippen molar-refractivity contribution in [1.29, 1.82) is 0 Å². The molecule has 0 bridgehead atoms. The van der Waals surface area contributed by atoms with E-state index >= 15 is 0 Å². The van der Waals surface area contributed by atoms with Crippen molar-refractivity contribution in [1.82, 2.24) is 0 Å². The summed E-state index contributed by atoms with van der Waals surface area (Å²) >= 11 is 5.96. The molecule has 2 aromatic rings. The summed E-state index contributed by atoms with van der Waals surface area (Å²) in [4.78, 5) is 11.6. The molecule has 2 aromatic carbocycles. The van der Waals surface area contributed by atoms with Crippen LogP contribution in [-0.2, 0) is 11.3 Å². The first-order chi connectivity index (χ1) is 9.15. The molecule has 0 aliphatic heterocycles. The summed E-state index contributed by atoms with van der Waals surface area (Å²) in [5.41, 5.74) is 7.53. The molecule has 5 heteroatoms. The summed E-state index contributed by atoms with van der Waals surface area (Å²) in [6.45, 7) is 0.119. The van der Waals surface area contributed by atoms with E-state index in [4.69, 9.17) is 22.1 Å². The van der Waals surface area contributed by atoms with Gasteiger partial charge in [-0.3, -0.25) is 5.32 Å². The average Bonchev–Trinajstić information content (AvgIpc) is 2.38.